The lowest BCUT2D eigenvalue weighted by atomic mass is 9.95. The molecule has 2 aliphatic heterocycles. The molecule has 0 aliphatic carbocycles. The van der Waals surface area contributed by atoms with Crippen molar-refractivity contribution in [2.24, 2.45) is 0 Å². The number of aryl methyl sites for hydroxylation is 1. The molecule has 0 bridgehead atoms. The highest BCUT2D eigenvalue weighted by Gasteiger charge is 2.23. The molecule has 2 aliphatic rings. The molecule has 1 fully saturated rings. The maximum Gasteiger partial charge on any atom is 0.227 e. The molecule has 0 saturated carbocycles. The van der Waals surface area contributed by atoms with Crippen LogP contribution in [0, 0.1) is 0 Å². The summed E-state index contributed by atoms with van der Waals surface area (Å²) in [5, 5.41) is 5.65. The fourth-order valence-corrected chi connectivity index (χ4v) is 3.95. The molecule has 1 amide bonds. The third-order valence-corrected chi connectivity index (χ3v) is 5.53. The van der Waals surface area contributed by atoms with Crippen molar-refractivity contribution in [1.29, 1.82) is 0 Å². The number of fused-ring (bicyclic) bond motifs is 2. The lowest BCUT2D eigenvalue weighted by Gasteiger charge is -2.29. The Hall–Kier alpha value is -2.69. The number of nitrogens with zero attached hydrogens (tertiary/aromatic N) is 1. The summed E-state index contributed by atoms with van der Waals surface area (Å²) in [6.07, 6.45) is 1.47. The first-order chi connectivity index (χ1) is 14.3. The van der Waals surface area contributed by atoms with Crippen LogP contribution in [0.25, 0.3) is 21.9 Å². The Morgan fingerprint density at radius 1 is 0.897 bits per heavy atom. The number of carbonyl (C=O) groups excluding carboxylic acids is 1. The van der Waals surface area contributed by atoms with Crippen LogP contribution in [0.5, 0.6) is 0 Å². The minimum Gasteiger partial charge on any atom is -0.379 e. The molecular formula is C25H28N2O2. The van der Waals surface area contributed by atoms with Gasteiger partial charge >= 0.3 is 0 Å². The largest absolute Gasteiger partial charge is 0.379 e. The zero-order valence-corrected chi connectivity index (χ0v) is 17.0. The lowest BCUT2D eigenvalue weighted by Crippen LogP contribution is -2.34. The zero-order valence-electron chi connectivity index (χ0n) is 17.0. The summed E-state index contributed by atoms with van der Waals surface area (Å²) < 4.78 is 5.01. The molecule has 1 N–H and O–H groups in total. The van der Waals surface area contributed by atoms with Gasteiger partial charge in [0.25, 0.3) is 0 Å². The summed E-state index contributed by atoms with van der Waals surface area (Å²) in [6, 6.07) is 21.4. The SMILES string of the molecule is C1COCCN1.CCN1C(=O)CCc2ccc(-c3ccc4ccccc4c3)cc21. The van der Waals surface area contributed by atoms with Crippen LogP contribution in [-0.2, 0) is 16.0 Å². The van der Waals surface area contributed by atoms with Crippen molar-refractivity contribution in [3.63, 3.8) is 0 Å². The van der Waals surface area contributed by atoms with Crippen LogP contribution >= 0.6 is 0 Å². The van der Waals surface area contributed by atoms with Crippen LogP contribution < -0.4 is 10.2 Å². The fourth-order valence-electron chi connectivity index (χ4n) is 3.95. The van der Waals surface area contributed by atoms with Crippen LogP contribution in [0.4, 0.5) is 5.69 Å². The molecule has 0 unspecified atom stereocenters. The van der Waals surface area contributed by atoms with Crippen LogP contribution in [0.3, 0.4) is 0 Å². The molecule has 29 heavy (non-hydrogen) atoms. The van der Waals surface area contributed by atoms with E-state index < -0.39 is 0 Å². The van der Waals surface area contributed by atoms with Gasteiger partial charge in [-0.15, -0.1) is 0 Å². The van der Waals surface area contributed by atoms with E-state index in [0.717, 1.165) is 45.0 Å². The summed E-state index contributed by atoms with van der Waals surface area (Å²) in [5.41, 5.74) is 4.72. The number of rotatable bonds is 2. The van der Waals surface area contributed by atoms with Crippen LogP contribution in [-0.4, -0.2) is 38.8 Å². The Morgan fingerprint density at radius 3 is 2.31 bits per heavy atom. The summed E-state index contributed by atoms with van der Waals surface area (Å²) in [5.74, 6) is 0.232. The highest BCUT2D eigenvalue weighted by molar-refractivity contribution is 5.97. The second kappa shape index (κ2) is 9.21. The van der Waals surface area contributed by atoms with Crippen LogP contribution in [0.1, 0.15) is 18.9 Å². The summed E-state index contributed by atoms with van der Waals surface area (Å²) in [4.78, 5) is 14.0. The number of benzene rings is 3. The van der Waals surface area contributed by atoms with Gasteiger partial charge in [0.15, 0.2) is 0 Å². The van der Waals surface area contributed by atoms with Gasteiger partial charge in [0.05, 0.1) is 13.2 Å². The molecule has 1 saturated heterocycles. The van der Waals surface area contributed by atoms with E-state index in [0.29, 0.717) is 6.42 Å². The van der Waals surface area contributed by atoms with Crippen molar-refractivity contribution in [2.75, 3.05) is 37.7 Å². The topological polar surface area (TPSA) is 41.6 Å². The molecule has 4 heteroatoms. The highest BCUT2D eigenvalue weighted by Crippen LogP contribution is 2.33. The van der Waals surface area contributed by atoms with E-state index in [-0.39, 0.29) is 5.91 Å². The standard InChI is InChI=1S/C21H19NO.C4H9NO/c1-2-22-20-14-19(10-8-16(20)11-12-21(22)23)18-9-7-15-5-3-4-6-17(15)13-18;1-3-6-4-2-5-1/h3-10,13-14H,2,11-12H2,1H3;5H,1-4H2. The molecular weight excluding hydrogens is 360 g/mol. The second-order valence-electron chi connectivity index (χ2n) is 7.41. The fraction of sp³-hybridized carbons (Fsp3) is 0.320. The lowest BCUT2D eigenvalue weighted by molar-refractivity contribution is -0.118. The molecule has 3 aromatic carbocycles. The number of nitrogens with one attached hydrogen (secondary N) is 1. The minimum absolute atomic E-state index is 0.232. The zero-order chi connectivity index (χ0) is 20.1. The first-order valence-electron chi connectivity index (χ1n) is 10.5. The third-order valence-electron chi connectivity index (χ3n) is 5.53. The van der Waals surface area contributed by atoms with E-state index >= 15 is 0 Å². The maximum atomic E-state index is 12.1. The van der Waals surface area contributed by atoms with Gasteiger partial charge < -0.3 is 15.0 Å². The molecule has 0 spiro atoms. The molecule has 4 nitrogen and oxygen atoms in total. The number of hydrogen-bond acceptors (Lipinski definition) is 3. The maximum absolute atomic E-state index is 12.1. The Kier molecular flexibility index (Phi) is 6.23. The third kappa shape index (κ3) is 4.50. The van der Waals surface area contributed by atoms with E-state index in [1.165, 1.54) is 27.5 Å². The highest BCUT2D eigenvalue weighted by atomic mass is 16.5. The molecule has 0 radical (unpaired) electrons. The first-order valence-corrected chi connectivity index (χ1v) is 10.5. The summed E-state index contributed by atoms with van der Waals surface area (Å²) in [7, 11) is 0. The van der Waals surface area contributed by atoms with E-state index in [4.69, 9.17) is 4.74 Å². The molecule has 0 atom stereocenters. The summed E-state index contributed by atoms with van der Waals surface area (Å²) in [6.45, 7) is 6.60. The number of morpholine rings is 1. The van der Waals surface area contributed by atoms with Gasteiger partial charge in [0.2, 0.25) is 5.91 Å². The van der Waals surface area contributed by atoms with E-state index in [9.17, 15) is 4.79 Å². The quantitative estimate of drug-likeness (QED) is 0.707. The molecule has 5 rings (SSSR count). The number of ether oxygens (including phenoxy) is 1. The van der Waals surface area contributed by atoms with Crippen molar-refractivity contribution >= 4 is 22.4 Å². The van der Waals surface area contributed by atoms with Crippen molar-refractivity contribution in [3.8, 4) is 11.1 Å². The van der Waals surface area contributed by atoms with Crippen LogP contribution in [0.15, 0.2) is 60.7 Å². The average Bonchev–Trinajstić information content (AvgIpc) is 2.80. The van der Waals surface area contributed by atoms with E-state index in [2.05, 4.69) is 66.0 Å². The van der Waals surface area contributed by atoms with Gasteiger partial charge in [-0.25, -0.2) is 0 Å². The van der Waals surface area contributed by atoms with E-state index in [1.807, 2.05) is 11.8 Å². The Labute approximate surface area is 172 Å². The molecule has 0 aromatic heterocycles. The predicted molar refractivity (Wildman–Crippen MR) is 119 cm³/mol. The molecule has 150 valence electrons. The summed E-state index contributed by atoms with van der Waals surface area (Å²) >= 11 is 0. The minimum atomic E-state index is 0.232. The number of anilines is 1. The smallest absolute Gasteiger partial charge is 0.227 e. The molecule has 3 aromatic rings. The van der Waals surface area contributed by atoms with E-state index in [1.54, 1.807) is 0 Å². The monoisotopic (exact) mass is 388 g/mol. The van der Waals surface area contributed by atoms with Crippen molar-refractivity contribution in [3.05, 3.63) is 66.2 Å². The van der Waals surface area contributed by atoms with Gasteiger partial charge in [-0.1, -0.05) is 48.5 Å². The second-order valence-corrected chi connectivity index (χ2v) is 7.41. The Bertz CT molecular complexity index is 984. The number of hydrogen-bond donors (Lipinski definition) is 1. The van der Waals surface area contributed by atoms with Gasteiger partial charge in [-0.2, -0.15) is 0 Å². The van der Waals surface area contributed by atoms with Crippen molar-refractivity contribution < 1.29 is 9.53 Å². The van der Waals surface area contributed by atoms with Gasteiger partial charge in [0.1, 0.15) is 0 Å². The average molecular weight is 389 g/mol. The van der Waals surface area contributed by atoms with Gasteiger partial charge in [-0.3, -0.25) is 4.79 Å². The van der Waals surface area contributed by atoms with Crippen molar-refractivity contribution in [2.45, 2.75) is 19.8 Å². The van der Waals surface area contributed by atoms with Crippen molar-refractivity contribution in [1.82, 2.24) is 5.32 Å². The number of carbonyl (C=O) groups is 1. The molecule has 2 heterocycles. The predicted octanol–water partition coefficient (Wildman–Crippen LogP) is 4.41. The van der Waals surface area contributed by atoms with Crippen LogP contribution in [0.2, 0.25) is 0 Å². The van der Waals surface area contributed by atoms with Gasteiger partial charge in [-0.05, 0) is 52.9 Å². The normalized spacial score (nSPS) is 16.2. The Morgan fingerprint density at radius 2 is 1.62 bits per heavy atom. The first kappa shape index (κ1) is 19.6. The Balaban J connectivity index is 0.000000294. The van der Waals surface area contributed by atoms with Gasteiger partial charge in [0, 0.05) is 31.7 Å². The number of amides is 1.